The van der Waals surface area contributed by atoms with E-state index in [1.54, 1.807) is 6.07 Å². The van der Waals surface area contributed by atoms with Crippen LogP contribution in [0.25, 0.3) is 0 Å². The van der Waals surface area contributed by atoms with Crippen LogP contribution < -0.4 is 0 Å². The lowest BCUT2D eigenvalue weighted by atomic mass is 9.67. The second-order valence-electron chi connectivity index (χ2n) is 5.70. The molecule has 2 rings (SSSR count). The fourth-order valence-corrected chi connectivity index (χ4v) is 3.17. The van der Waals surface area contributed by atoms with Crippen molar-refractivity contribution in [3.8, 4) is 0 Å². The maximum absolute atomic E-state index is 13.8. The van der Waals surface area contributed by atoms with Gasteiger partial charge in [-0.15, -0.1) is 0 Å². The summed E-state index contributed by atoms with van der Waals surface area (Å²) >= 11 is 0. The normalized spacial score (nSPS) is 28.0. The molecule has 0 spiro atoms. The lowest BCUT2D eigenvalue weighted by Crippen LogP contribution is -2.27. The zero-order valence-electron chi connectivity index (χ0n) is 10.7. The Bertz CT molecular complexity index is 444. The van der Waals surface area contributed by atoms with Gasteiger partial charge in [-0.2, -0.15) is 0 Å². The summed E-state index contributed by atoms with van der Waals surface area (Å²) in [5.74, 6) is -0.766. The number of halogens is 1. The van der Waals surface area contributed by atoms with Crippen molar-refractivity contribution in [2.45, 2.75) is 44.9 Å². The molecular formula is C15H19FO2. The van der Waals surface area contributed by atoms with E-state index in [4.69, 9.17) is 5.11 Å². The highest BCUT2D eigenvalue weighted by Gasteiger charge is 2.35. The van der Waals surface area contributed by atoms with Gasteiger partial charge in [0, 0.05) is 0 Å². The number of carboxylic acid groups (broad SMARTS) is 1. The van der Waals surface area contributed by atoms with Crippen LogP contribution in [0.2, 0.25) is 0 Å². The summed E-state index contributed by atoms with van der Waals surface area (Å²) < 4.78 is 13.8. The molecule has 0 amide bonds. The van der Waals surface area contributed by atoms with E-state index >= 15 is 0 Å². The Morgan fingerprint density at radius 3 is 2.89 bits per heavy atom. The molecule has 1 fully saturated rings. The first-order valence-electron chi connectivity index (χ1n) is 6.46. The molecule has 1 N–H and O–H groups in total. The highest BCUT2D eigenvalue weighted by atomic mass is 19.1. The zero-order valence-corrected chi connectivity index (χ0v) is 10.7. The first-order valence-corrected chi connectivity index (χ1v) is 6.46. The van der Waals surface area contributed by atoms with Gasteiger partial charge in [-0.05, 0) is 42.2 Å². The SMILES string of the molecule is CC1(CC(=O)O)CCCC(c2ccccc2F)C1. The molecule has 0 aliphatic heterocycles. The molecule has 0 aromatic heterocycles. The summed E-state index contributed by atoms with van der Waals surface area (Å²) in [4.78, 5) is 10.9. The number of carbonyl (C=O) groups is 1. The molecule has 18 heavy (non-hydrogen) atoms. The van der Waals surface area contributed by atoms with Gasteiger partial charge < -0.3 is 5.11 Å². The van der Waals surface area contributed by atoms with Crippen molar-refractivity contribution in [3.05, 3.63) is 35.6 Å². The second-order valence-corrected chi connectivity index (χ2v) is 5.70. The highest BCUT2D eigenvalue weighted by molar-refractivity contribution is 5.67. The van der Waals surface area contributed by atoms with Crippen LogP contribution in [0.5, 0.6) is 0 Å². The molecule has 0 bridgehead atoms. The minimum absolute atomic E-state index is 0.157. The molecular weight excluding hydrogens is 231 g/mol. The third kappa shape index (κ3) is 2.89. The molecule has 0 heterocycles. The smallest absolute Gasteiger partial charge is 0.303 e. The average molecular weight is 250 g/mol. The third-order valence-electron chi connectivity index (χ3n) is 4.00. The van der Waals surface area contributed by atoms with Crippen molar-refractivity contribution in [2.75, 3.05) is 0 Å². The molecule has 1 aliphatic carbocycles. The fourth-order valence-electron chi connectivity index (χ4n) is 3.17. The Kier molecular flexibility index (Phi) is 3.69. The van der Waals surface area contributed by atoms with Crippen LogP contribution in [0.3, 0.4) is 0 Å². The predicted octanol–water partition coefficient (Wildman–Crippen LogP) is 3.96. The minimum atomic E-state index is -0.758. The Balaban J connectivity index is 2.16. The number of aliphatic carboxylic acids is 1. The molecule has 1 aromatic rings. The Morgan fingerprint density at radius 2 is 2.22 bits per heavy atom. The van der Waals surface area contributed by atoms with Gasteiger partial charge in [0.05, 0.1) is 6.42 Å². The quantitative estimate of drug-likeness (QED) is 0.881. The summed E-state index contributed by atoms with van der Waals surface area (Å²) in [7, 11) is 0. The van der Waals surface area contributed by atoms with E-state index in [2.05, 4.69) is 0 Å². The van der Waals surface area contributed by atoms with Gasteiger partial charge in [-0.3, -0.25) is 4.79 Å². The number of hydrogen-bond acceptors (Lipinski definition) is 1. The molecule has 2 atom stereocenters. The van der Waals surface area contributed by atoms with Crippen LogP contribution in [0.1, 0.15) is 50.5 Å². The van der Waals surface area contributed by atoms with Gasteiger partial charge in [-0.25, -0.2) is 4.39 Å². The topological polar surface area (TPSA) is 37.3 Å². The van der Waals surface area contributed by atoms with Gasteiger partial charge >= 0.3 is 5.97 Å². The first kappa shape index (κ1) is 13.1. The Hall–Kier alpha value is -1.38. The molecule has 3 heteroatoms. The highest BCUT2D eigenvalue weighted by Crippen LogP contribution is 2.46. The molecule has 2 unspecified atom stereocenters. The van der Waals surface area contributed by atoms with E-state index in [1.165, 1.54) is 6.07 Å². The van der Waals surface area contributed by atoms with Gasteiger partial charge in [0.15, 0.2) is 0 Å². The number of rotatable bonds is 3. The maximum Gasteiger partial charge on any atom is 0.303 e. The lowest BCUT2D eigenvalue weighted by molar-refractivity contribution is -0.140. The monoisotopic (exact) mass is 250 g/mol. The van der Waals surface area contributed by atoms with Crippen molar-refractivity contribution in [1.29, 1.82) is 0 Å². The predicted molar refractivity (Wildman–Crippen MR) is 68.0 cm³/mol. The van der Waals surface area contributed by atoms with E-state index in [0.717, 1.165) is 31.2 Å². The van der Waals surface area contributed by atoms with Crippen LogP contribution in [0.15, 0.2) is 24.3 Å². The lowest BCUT2D eigenvalue weighted by Gasteiger charge is -2.37. The molecule has 1 aromatic carbocycles. The van der Waals surface area contributed by atoms with Crippen LogP contribution in [-0.4, -0.2) is 11.1 Å². The largest absolute Gasteiger partial charge is 0.481 e. The molecule has 1 saturated carbocycles. The Labute approximate surface area is 107 Å². The molecule has 0 radical (unpaired) electrons. The maximum atomic E-state index is 13.8. The van der Waals surface area contributed by atoms with Crippen molar-refractivity contribution in [1.82, 2.24) is 0 Å². The summed E-state index contributed by atoms with van der Waals surface area (Å²) in [5, 5.41) is 8.97. The summed E-state index contributed by atoms with van der Waals surface area (Å²) in [6.07, 6.45) is 3.79. The van der Waals surface area contributed by atoms with E-state index in [-0.39, 0.29) is 23.6 Å². The van der Waals surface area contributed by atoms with E-state index in [9.17, 15) is 9.18 Å². The molecule has 0 saturated heterocycles. The minimum Gasteiger partial charge on any atom is -0.481 e. The van der Waals surface area contributed by atoms with Crippen molar-refractivity contribution >= 4 is 5.97 Å². The molecule has 98 valence electrons. The van der Waals surface area contributed by atoms with Crippen LogP contribution >= 0.6 is 0 Å². The summed E-state index contributed by atoms with van der Waals surface area (Å²) in [6.45, 7) is 2.01. The van der Waals surface area contributed by atoms with Crippen LogP contribution in [-0.2, 0) is 4.79 Å². The van der Waals surface area contributed by atoms with Crippen molar-refractivity contribution < 1.29 is 14.3 Å². The summed E-state index contributed by atoms with van der Waals surface area (Å²) in [5.41, 5.74) is 0.547. The average Bonchev–Trinajstić information content (AvgIpc) is 2.27. The van der Waals surface area contributed by atoms with Crippen molar-refractivity contribution in [2.24, 2.45) is 5.41 Å². The third-order valence-corrected chi connectivity index (χ3v) is 4.00. The van der Waals surface area contributed by atoms with Crippen molar-refractivity contribution in [3.63, 3.8) is 0 Å². The standard InChI is InChI=1S/C15H19FO2/c1-15(10-14(17)18)8-4-5-11(9-15)12-6-2-3-7-13(12)16/h2-3,6-7,11H,4-5,8-10H2,1H3,(H,17,18). The second kappa shape index (κ2) is 5.09. The van der Waals surface area contributed by atoms with Crippen LogP contribution in [0, 0.1) is 11.2 Å². The number of benzene rings is 1. The van der Waals surface area contributed by atoms with E-state index in [1.807, 2.05) is 19.1 Å². The van der Waals surface area contributed by atoms with Gasteiger partial charge in [-0.1, -0.05) is 31.5 Å². The fraction of sp³-hybridized carbons (Fsp3) is 0.533. The summed E-state index contributed by atoms with van der Waals surface area (Å²) in [6, 6.07) is 6.85. The number of carboxylic acids is 1. The first-order chi connectivity index (χ1) is 8.50. The zero-order chi connectivity index (χ0) is 13.2. The van der Waals surface area contributed by atoms with Crippen LogP contribution in [0.4, 0.5) is 4.39 Å². The number of hydrogen-bond donors (Lipinski definition) is 1. The van der Waals surface area contributed by atoms with E-state index < -0.39 is 5.97 Å². The molecule has 1 aliphatic rings. The van der Waals surface area contributed by atoms with Gasteiger partial charge in [0.2, 0.25) is 0 Å². The van der Waals surface area contributed by atoms with E-state index in [0.29, 0.717) is 0 Å². The molecule has 2 nitrogen and oxygen atoms in total. The van der Waals surface area contributed by atoms with Gasteiger partial charge in [0.25, 0.3) is 0 Å². The van der Waals surface area contributed by atoms with Gasteiger partial charge in [0.1, 0.15) is 5.82 Å². The Morgan fingerprint density at radius 1 is 1.50 bits per heavy atom.